The zero-order chi connectivity index (χ0) is 11.5. The number of nitrogens with zero attached hydrogens (tertiary/aromatic N) is 1. The van der Waals surface area contributed by atoms with Crippen molar-refractivity contribution in [3.8, 4) is 0 Å². The van der Waals surface area contributed by atoms with Crippen molar-refractivity contribution >= 4 is 10.9 Å². The lowest BCUT2D eigenvalue weighted by atomic mass is 10.0. The standard InChI is InChI=1S/C14H18N2/c1-10(15)3-5-12-6-8-14-13(9-12)7-4-11(2)16-14/h4,6-10H,3,5,15H2,1-2H3/t10-/m0/s1. The summed E-state index contributed by atoms with van der Waals surface area (Å²) in [4.78, 5) is 4.49. The highest BCUT2D eigenvalue weighted by atomic mass is 14.7. The summed E-state index contributed by atoms with van der Waals surface area (Å²) in [7, 11) is 0. The molecule has 0 saturated carbocycles. The Morgan fingerprint density at radius 2 is 2.06 bits per heavy atom. The first kappa shape index (κ1) is 11.1. The van der Waals surface area contributed by atoms with Crippen LogP contribution in [0.2, 0.25) is 0 Å². The summed E-state index contributed by atoms with van der Waals surface area (Å²) in [5, 5.41) is 1.22. The molecule has 2 heteroatoms. The monoisotopic (exact) mass is 214 g/mol. The van der Waals surface area contributed by atoms with Crippen molar-refractivity contribution in [3.63, 3.8) is 0 Å². The second-order valence-corrected chi connectivity index (χ2v) is 4.50. The highest BCUT2D eigenvalue weighted by Crippen LogP contribution is 2.16. The fourth-order valence-corrected chi connectivity index (χ4v) is 1.83. The maximum absolute atomic E-state index is 5.76. The Morgan fingerprint density at radius 1 is 1.25 bits per heavy atom. The minimum Gasteiger partial charge on any atom is -0.328 e. The van der Waals surface area contributed by atoms with Gasteiger partial charge in [0.15, 0.2) is 0 Å². The zero-order valence-corrected chi connectivity index (χ0v) is 9.90. The van der Waals surface area contributed by atoms with E-state index in [2.05, 4.69) is 35.3 Å². The number of benzene rings is 1. The maximum Gasteiger partial charge on any atom is 0.0705 e. The summed E-state index contributed by atoms with van der Waals surface area (Å²) in [6.45, 7) is 4.06. The minimum atomic E-state index is 0.270. The average Bonchev–Trinajstić information content (AvgIpc) is 2.26. The molecular weight excluding hydrogens is 196 g/mol. The third kappa shape index (κ3) is 2.58. The van der Waals surface area contributed by atoms with Crippen LogP contribution in [0.25, 0.3) is 10.9 Å². The molecule has 0 spiro atoms. The van der Waals surface area contributed by atoms with Crippen LogP contribution < -0.4 is 5.73 Å². The number of nitrogens with two attached hydrogens (primary N) is 1. The van der Waals surface area contributed by atoms with Gasteiger partial charge in [0.05, 0.1) is 5.52 Å². The number of pyridine rings is 1. The van der Waals surface area contributed by atoms with Crippen LogP contribution in [0.5, 0.6) is 0 Å². The number of rotatable bonds is 3. The second-order valence-electron chi connectivity index (χ2n) is 4.50. The Hall–Kier alpha value is -1.41. The van der Waals surface area contributed by atoms with Gasteiger partial charge in [-0.15, -0.1) is 0 Å². The molecule has 0 fully saturated rings. The van der Waals surface area contributed by atoms with Crippen LogP contribution in [0.4, 0.5) is 0 Å². The fourth-order valence-electron chi connectivity index (χ4n) is 1.83. The number of hydrogen-bond donors (Lipinski definition) is 1. The highest BCUT2D eigenvalue weighted by molar-refractivity contribution is 5.79. The van der Waals surface area contributed by atoms with Crippen molar-refractivity contribution in [1.29, 1.82) is 0 Å². The Labute approximate surface area is 96.5 Å². The smallest absolute Gasteiger partial charge is 0.0705 e. The first-order chi connectivity index (χ1) is 7.65. The molecule has 0 aliphatic rings. The van der Waals surface area contributed by atoms with Crippen LogP contribution in [-0.2, 0) is 6.42 Å². The fraction of sp³-hybridized carbons (Fsp3) is 0.357. The molecular formula is C14H18N2. The van der Waals surface area contributed by atoms with E-state index >= 15 is 0 Å². The molecule has 0 radical (unpaired) electrons. The number of aryl methyl sites for hydroxylation is 2. The first-order valence-corrected chi connectivity index (χ1v) is 5.77. The molecule has 0 amide bonds. The lowest BCUT2D eigenvalue weighted by Crippen LogP contribution is -2.15. The van der Waals surface area contributed by atoms with Crippen molar-refractivity contribution in [1.82, 2.24) is 4.98 Å². The molecule has 16 heavy (non-hydrogen) atoms. The van der Waals surface area contributed by atoms with Crippen molar-refractivity contribution in [3.05, 3.63) is 41.6 Å². The number of aromatic nitrogens is 1. The van der Waals surface area contributed by atoms with Gasteiger partial charge in [-0.1, -0.05) is 12.1 Å². The van der Waals surface area contributed by atoms with Crippen LogP contribution in [-0.4, -0.2) is 11.0 Å². The maximum atomic E-state index is 5.76. The van der Waals surface area contributed by atoms with Crippen molar-refractivity contribution in [2.75, 3.05) is 0 Å². The van der Waals surface area contributed by atoms with E-state index in [0.29, 0.717) is 0 Å². The Morgan fingerprint density at radius 3 is 2.81 bits per heavy atom. The van der Waals surface area contributed by atoms with E-state index in [0.717, 1.165) is 24.1 Å². The van der Waals surface area contributed by atoms with Gasteiger partial charge < -0.3 is 5.73 Å². The van der Waals surface area contributed by atoms with Gasteiger partial charge in [0.25, 0.3) is 0 Å². The molecule has 1 aromatic heterocycles. The number of hydrogen-bond acceptors (Lipinski definition) is 2. The van der Waals surface area contributed by atoms with Crippen LogP contribution in [0, 0.1) is 6.92 Å². The normalized spacial score (nSPS) is 12.9. The van der Waals surface area contributed by atoms with Crippen molar-refractivity contribution < 1.29 is 0 Å². The van der Waals surface area contributed by atoms with Crippen LogP contribution in [0.1, 0.15) is 24.6 Å². The molecule has 0 unspecified atom stereocenters. The largest absolute Gasteiger partial charge is 0.328 e. The van der Waals surface area contributed by atoms with Crippen molar-refractivity contribution in [2.45, 2.75) is 32.7 Å². The predicted molar refractivity (Wildman–Crippen MR) is 68.5 cm³/mol. The van der Waals surface area contributed by atoms with Gasteiger partial charge in [0, 0.05) is 17.1 Å². The van der Waals surface area contributed by atoms with Gasteiger partial charge >= 0.3 is 0 Å². The van der Waals surface area contributed by atoms with Crippen LogP contribution >= 0.6 is 0 Å². The van der Waals surface area contributed by atoms with Gasteiger partial charge in [-0.3, -0.25) is 4.98 Å². The van der Waals surface area contributed by atoms with E-state index in [1.54, 1.807) is 0 Å². The van der Waals surface area contributed by atoms with Gasteiger partial charge in [-0.05, 0) is 50.5 Å². The Bertz CT molecular complexity index is 489. The summed E-state index contributed by atoms with van der Waals surface area (Å²) < 4.78 is 0. The van der Waals surface area contributed by atoms with Gasteiger partial charge in [0.2, 0.25) is 0 Å². The van der Waals surface area contributed by atoms with Gasteiger partial charge in [0.1, 0.15) is 0 Å². The van der Waals surface area contributed by atoms with Gasteiger partial charge in [-0.2, -0.15) is 0 Å². The molecule has 2 aromatic rings. The second kappa shape index (κ2) is 4.62. The summed E-state index contributed by atoms with van der Waals surface area (Å²) in [6, 6.07) is 10.9. The zero-order valence-electron chi connectivity index (χ0n) is 9.90. The molecule has 1 heterocycles. The molecule has 2 rings (SSSR count). The third-order valence-corrected chi connectivity index (χ3v) is 2.78. The van der Waals surface area contributed by atoms with E-state index < -0.39 is 0 Å². The van der Waals surface area contributed by atoms with E-state index in [9.17, 15) is 0 Å². The average molecular weight is 214 g/mol. The molecule has 0 bridgehead atoms. The SMILES string of the molecule is Cc1ccc2cc(CC[C@H](C)N)ccc2n1. The van der Waals surface area contributed by atoms with Gasteiger partial charge in [-0.25, -0.2) is 0 Å². The van der Waals surface area contributed by atoms with E-state index in [-0.39, 0.29) is 6.04 Å². The quantitative estimate of drug-likeness (QED) is 0.853. The lowest BCUT2D eigenvalue weighted by molar-refractivity contribution is 0.666. The highest BCUT2D eigenvalue weighted by Gasteiger charge is 2.00. The molecule has 2 nitrogen and oxygen atoms in total. The molecule has 1 atom stereocenters. The lowest BCUT2D eigenvalue weighted by Gasteiger charge is -2.06. The van der Waals surface area contributed by atoms with E-state index in [1.807, 2.05) is 13.8 Å². The molecule has 2 N–H and O–H groups in total. The summed E-state index contributed by atoms with van der Waals surface area (Å²) >= 11 is 0. The van der Waals surface area contributed by atoms with E-state index in [1.165, 1.54) is 10.9 Å². The summed E-state index contributed by atoms with van der Waals surface area (Å²) in [5.41, 5.74) is 9.24. The molecule has 1 aromatic carbocycles. The summed E-state index contributed by atoms with van der Waals surface area (Å²) in [5.74, 6) is 0. The van der Waals surface area contributed by atoms with Crippen LogP contribution in [0.3, 0.4) is 0 Å². The van der Waals surface area contributed by atoms with Crippen molar-refractivity contribution in [2.24, 2.45) is 5.73 Å². The van der Waals surface area contributed by atoms with E-state index in [4.69, 9.17) is 5.73 Å². The Balaban J connectivity index is 2.26. The number of fused-ring (bicyclic) bond motifs is 1. The molecule has 0 saturated heterocycles. The first-order valence-electron chi connectivity index (χ1n) is 5.77. The Kier molecular flexibility index (Phi) is 3.20. The third-order valence-electron chi connectivity index (χ3n) is 2.78. The summed E-state index contributed by atoms with van der Waals surface area (Å²) in [6.07, 6.45) is 2.08. The topological polar surface area (TPSA) is 38.9 Å². The minimum absolute atomic E-state index is 0.270. The molecule has 0 aliphatic carbocycles. The van der Waals surface area contributed by atoms with Crippen LogP contribution in [0.15, 0.2) is 30.3 Å². The predicted octanol–water partition coefficient (Wildman–Crippen LogP) is 2.82. The molecule has 84 valence electrons. The molecule has 0 aliphatic heterocycles.